The molecule has 8 heteroatoms. The van der Waals surface area contributed by atoms with Gasteiger partial charge in [-0.2, -0.15) is 0 Å². The van der Waals surface area contributed by atoms with Crippen molar-refractivity contribution in [3.63, 3.8) is 0 Å². The third-order valence-corrected chi connectivity index (χ3v) is 7.63. The van der Waals surface area contributed by atoms with Crippen LogP contribution in [0.1, 0.15) is 50.0 Å². The van der Waals surface area contributed by atoms with Gasteiger partial charge in [-0.25, -0.2) is 13.1 Å². The van der Waals surface area contributed by atoms with Crippen LogP contribution >= 0.6 is 0 Å². The minimum atomic E-state index is -3.26. The Morgan fingerprint density at radius 3 is 2.69 bits per heavy atom. The summed E-state index contributed by atoms with van der Waals surface area (Å²) in [6, 6.07) is 8.36. The van der Waals surface area contributed by atoms with Crippen LogP contribution < -0.4 is 9.46 Å². The Labute approximate surface area is 175 Å². The lowest BCUT2D eigenvalue weighted by atomic mass is 9.66. The number of rotatable bonds is 2. The molecule has 29 heavy (non-hydrogen) atoms. The Hall–Kier alpha value is -1.09. The maximum atomic E-state index is 11.9. The zero-order valence-corrected chi connectivity index (χ0v) is 18.4. The number of hydrogen-bond donors (Lipinski definition) is 1. The standard InChI is InChI=1S/C21H33BN2O4S/c1-29(25,26)23-18-6-4-12-24-13-14-27-20-7-3-2-5-17(20)16-8-10-21(22,11-9-16)28-15-19(18)24/h2-3,5,7,16,18-19,23H,4,6,8-15,22H2,1H3/t16-,18-,19-,21+/m0/s1. The maximum absolute atomic E-state index is 11.9. The van der Waals surface area contributed by atoms with Crippen molar-refractivity contribution in [3.05, 3.63) is 29.8 Å². The monoisotopic (exact) mass is 420 g/mol. The van der Waals surface area contributed by atoms with Crippen molar-refractivity contribution < 1.29 is 17.9 Å². The quantitative estimate of drug-likeness (QED) is 0.734. The number of fused-ring (bicyclic) bond motifs is 5. The van der Waals surface area contributed by atoms with Crippen LogP contribution in [0.3, 0.4) is 0 Å². The number of para-hydroxylation sites is 1. The Morgan fingerprint density at radius 1 is 1.17 bits per heavy atom. The predicted molar refractivity (Wildman–Crippen MR) is 117 cm³/mol. The summed E-state index contributed by atoms with van der Waals surface area (Å²) in [5, 5.41) is 0. The third kappa shape index (κ3) is 5.16. The molecule has 2 bridgehead atoms. The van der Waals surface area contributed by atoms with Gasteiger partial charge in [0.2, 0.25) is 10.0 Å². The van der Waals surface area contributed by atoms with Gasteiger partial charge in [-0.1, -0.05) is 18.2 Å². The van der Waals surface area contributed by atoms with Crippen LogP contribution in [0.15, 0.2) is 24.3 Å². The van der Waals surface area contributed by atoms with Gasteiger partial charge in [-0.15, -0.1) is 0 Å². The highest BCUT2D eigenvalue weighted by Gasteiger charge is 2.38. The number of piperidine rings is 1. The Balaban J connectivity index is 1.59. The summed E-state index contributed by atoms with van der Waals surface area (Å²) in [5.74, 6) is 1.52. The van der Waals surface area contributed by atoms with Crippen molar-refractivity contribution in [3.8, 4) is 5.75 Å². The largest absolute Gasteiger partial charge is 0.492 e. The summed E-state index contributed by atoms with van der Waals surface area (Å²) in [7, 11) is -1.04. The van der Waals surface area contributed by atoms with Crippen molar-refractivity contribution in [1.29, 1.82) is 0 Å². The first-order valence-electron chi connectivity index (χ1n) is 10.9. The normalized spacial score (nSPS) is 34.0. The van der Waals surface area contributed by atoms with E-state index in [1.54, 1.807) is 0 Å². The maximum Gasteiger partial charge on any atom is 0.209 e. The molecule has 1 saturated carbocycles. The van der Waals surface area contributed by atoms with Crippen molar-refractivity contribution in [2.75, 3.05) is 32.6 Å². The van der Waals surface area contributed by atoms with Crippen molar-refractivity contribution in [2.24, 2.45) is 0 Å². The molecular formula is C21H33BN2O4S. The molecule has 5 rings (SSSR count). The molecule has 1 aliphatic carbocycles. The van der Waals surface area contributed by atoms with Gasteiger partial charge < -0.3 is 9.47 Å². The van der Waals surface area contributed by atoms with E-state index in [0.29, 0.717) is 19.1 Å². The molecule has 0 radical (unpaired) electrons. The molecule has 2 atom stereocenters. The van der Waals surface area contributed by atoms with E-state index in [4.69, 9.17) is 9.47 Å². The molecule has 3 aliphatic heterocycles. The smallest absolute Gasteiger partial charge is 0.209 e. The number of hydrogen-bond acceptors (Lipinski definition) is 5. The van der Waals surface area contributed by atoms with Gasteiger partial charge in [0.15, 0.2) is 0 Å². The second-order valence-electron chi connectivity index (χ2n) is 9.16. The molecule has 1 N–H and O–H groups in total. The average Bonchev–Trinajstić information content (AvgIpc) is 2.68. The van der Waals surface area contributed by atoms with E-state index < -0.39 is 10.0 Å². The van der Waals surface area contributed by atoms with E-state index in [2.05, 4.69) is 35.7 Å². The summed E-state index contributed by atoms with van der Waals surface area (Å²) in [6.07, 6.45) is 7.28. The third-order valence-electron chi connectivity index (χ3n) is 6.90. The Bertz CT molecular complexity index is 811. The first kappa shape index (κ1) is 21.2. The summed E-state index contributed by atoms with van der Waals surface area (Å²) in [6.45, 7) is 2.87. The number of sulfonamides is 1. The lowest BCUT2D eigenvalue weighted by Crippen LogP contribution is -2.58. The second-order valence-corrected chi connectivity index (χ2v) is 10.9. The lowest BCUT2D eigenvalue weighted by molar-refractivity contribution is -0.0519. The lowest BCUT2D eigenvalue weighted by Gasteiger charge is -2.44. The van der Waals surface area contributed by atoms with Gasteiger partial charge in [0, 0.05) is 24.1 Å². The molecular weight excluding hydrogens is 387 g/mol. The summed E-state index contributed by atoms with van der Waals surface area (Å²) in [5.41, 5.74) is 1.18. The van der Waals surface area contributed by atoms with Crippen molar-refractivity contribution in [2.45, 2.75) is 62.0 Å². The van der Waals surface area contributed by atoms with Crippen LogP contribution in [-0.4, -0.2) is 71.3 Å². The van der Waals surface area contributed by atoms with E-state index >= 15 is 0 Å². The fourth-order valence-corrected chi connectivity index (χ4v) is 6.06. The van der Waals surface area contributed by atoms with Crippen LogP contribution in [0, 0.1) is 0 Å². The van der Waals surface area contributed by atoms with E-state index in [9.17, 15) is 8.42 Å². The van der Waals surface area contributed by atoms with Gasteiger partial charge in [0.25, 0.3) is 0 Å². The summed E-state index contributed by atoms with van der Waals surface area (Å²) in [4.78, 5) is 2.35. The Kier molecular flexibility index (Phi) is 6.26. The number of benzene rings is 1. The fraction of sp³-hybridized carbons (Fsp3) is 0.714. The van der Waals surface area contributed by atoms with E-state index in [-0.39, 0.29) is 17.6 Å². The molecule has 0 unspecified atom stereocenters. The van der Waals surface area contributed by atoms with Crippen molar-refractivity contribution in [1.82, 2.24) is 9.62 Å². The second kappa shape index (κ2) is 8.57. The topological polar surface area (TPSA) is 67.9 Å². The molecule has 1 aromatic rings. The van der Waals surface area contributed by atoms with Gasteiger partial charge in [0.05, 0.1) is 12.9 Å². The van der Waals surface area contributed by atoms with Crippen LogP contribution in [0.5, 0.6) is 5.75 Å². The molecule has 160 valence electrons. The molecule has 2 fully saturated rings. The van der Waals surface area contributed by atoms with Gasteiger partial charge in [-0.3, -0.25) is 4.90 Å². The molecule has 4 aliphatic rings. The van der Waals surface area contributed by atoms with Gasteiger partial charge in [-0.05, 0) is 62.6 Å². The first-order valence-corrected chi connectivity index (χ1v) is 12.8. The average molecular weight is 420 g/mol. The molecule has 3 heterocycles. The van der Waals surface area contributed by atoms with Crippen LogP contribution in [-0.2, 0) is 14.8 Å². The van der Waals surface area contributed by atoms with E-state index in [0.717, 1.165) is 57.4 Å². The molecule has 1 aromatic carbocycles. The minimum absolute atomic E-state index is 0.0348. The fourth-order valence-electron chi connectivity index (χ4n) is 5.23. The first-order chi connectivity index (χ1) is 13.8. The van der Waals surface area contributed by atoms with Crippen LogP contribution in [0.4, 0.5) is 0 Å². The molecule has 0 amide bonds. The summed E-state index contributed by atoms with van der Waals surface area (Å²) < 4.78 is 39.5. The van der Waals surface area contributed by atoms with E-state index in [1.807, 2.05) is 6.07 Å². The highest BCUT2D eigenvalue weighted by atomic mass is 32.2. The highest BCUT2D eigenvalue weighted by molar-refractivity contribution is 7.88. The molecule has 6 nitrogen and oxygen atoms in total. The summed E-state index contributed by atoms with van der Waals surface area (Å²) >= 11 is 0. The van der Waals surface area contributed by atoms with Crippen LogP contribution in [0.25, 0.3) is 0 Å². The molecule has 0 spiro atoms. The SMILES string of the molecule is B[C@]12CC[C@H](CC1)c1ccccc1OCCN1CCC[C@H](NS(C)(=O)=O)[C@@H]1CO2. The Morgan fingerprint density at radius 2 is 1.93 bits per heavy atom. The van der Waals surface area contributed by atoms with Gasteiger partial charge in [0.1, 0.15) is 20.2 Å². The number of nitrogens with one attached hydrogen (secondary N) is 1. The molecule has 1 saturated heterocycles. The zero-order chi connectivity index (χ0) is 20.5. The molecule has 0 aromatic heterocycles. The highest BCUT2D eigenvalue weighted by Crippen LogP contribution is 2.42. The zero-order valence-electron chi connectivity index (χ0n) is 17.6. The number of nitrogens with zero attached hydrogens (tertiary/aromatic N) is 1. The van der Waals surface area contributed by atoms with Crippen LogP contribution in [0.2, 0.25) is 0 Å². The number of ether oxygens (including phenoxy) is 2. The van der Waals surface area contributed by atoms with Crippen molar-refractivity contribution >= 4 is 17.9 Å². The predicted octanol–water partition coefficient (Wildman–Crippen LogP) is 1.46. The van der Waals surface area contributed by atoms with Gasteiger partial charge >= 0.3 is 0 Å². The minimum Gasteiger partial charge on any atom is -0.492 e. The van der Waals surface area contributed by atoms with E-state index in [1.165, 1.54) is 11.8 Å².